The van der Waals surface area contributed by atoms with Gasteiger partial charge in [-0.3, -0.25) is 19.4 Å². The van der Waals surface area contributed by atoms with Gasteiger partial charge in [-0.2, -0.15) is 11.3 Å². The van der Waals surface area contributed by atoms with Crippen molar-refractivity contribution in [2.45, 2.75) is 31.7 Å². The van der Waals surface area contributed by atoms with Crippen LogP contribution < -0.4 is 0 Å². The van der Waals surface area contributed by atoms with Crippen LogP contribution in [0.5, 0.6) is 0 Å². The molecule has 2 fully saturated rings. The molecule has 42 heavy (non-hydrogen) atoms. The molecular formula is C33H37Cl2N3O3S. The van der Waals surface area contributed by atoms with E-state index in [2.05, 4.69) is 32.7 Å². The van der Waals surface area contributed by atoms with E-state index in [1.807, 2.05) is 12.1 Å². The minimum Gasteiger partial charge on any atom is -0.381 e. The SMILES string of the molecule is O=C1c2ccccc2C(=O)N1CCCOCC1CCN(CC2CN(Cc3ccc(Cl)cc3Cl)CC2c2ccsc2)CC1. The zero-order valence-electron chi connectivity index (χ0n) is 23.7. The summed E-state index contributed by atoms with van der Waals surface area (Å²) >= 11 is 14.4. The quantitative estimate of drug-likeness (QED) is 0.176. The van der Waals surface area contributed by atoms with Gasteiger partial charge < -0.3 is 9.64 Å². The van der Waals surface area contributed by atoms with Crippen LogP contribution in [0.2, 0.25) is 10.0 Å². The van der Waals surface area contributed by atoms with E-state index in [0.717, 1.165) is 69.3 Å². The van der Waals surface area contributed by atoms with Crippen molar-refractivity contribution in [3.8, 4) is 0 Å². The minimum absolute atomic E-state index is 0.191. The molecule has 6 rings (SSSR count). The van der Waals surface area contributed by atoms with Crippen LogP contribution in [-0.2, 0) is 11.3 Å². The lowest BCUT2D eigenvalue weighted by Gasteiger charge is -2.34. The maximum Gasteiger partial charge on any atom is 0.261 e. The maximum atomic E-state index is 12.5. The van der Waals surface area contributed by atoms with Gasteiger partial charge in [0.15, 0.2) is 0 Å². The fourth-order valence-corrected chi connectivity index (χ4v) is 7.91. The third-order valence-corrected chi connectivity index (χ3v) is 10.3. The first kappa shape index (κ1) is 29.8. The molecule has 0 spiro atoms. The Kier molecular flexibility index (Phi) is 9.63. The molecule has 3 aliphatic heterocycles. The molecule has 2 aromatic carbocycles. The summed E-state index contributed by atoms with van der Waals surface area (Å²) in [5.41, 5.74) is 3.61. The number of carbonyl (C=O) groups excluding carboxylic acids is 2. The van der Waals surface area contributed by atoms with Gasteiger partial charge in [0.1, 0.15) is 0 Å². The van der Waals surface area contributed by atoms with E-state index in [1.54, 1.807) is 35.6 Å². The van der Waals surface area contributed by atoms with Crippen molar-refractivity contribution in [2.75, 3.05) is 52.5 Å². The molecule has 1 aromatic heterocycles. The minimum atomic E-state index is -0.191. The second kappa shape index (κ2) is 13.6. The molecule has 6 nitrogen and oxygen atoms in total. The first-order valence-corrected chi connectivity index (χ1v) is 16.6. The van der Waals surface area contributed by atoms with Gasteiger partial charge in [0, 0.05) is 61.9 Å². The van der Waals surface area contributed by atoms with E-state index in [1.165, 1.54) is 10.5 Å². The highest BCUT2D eigenvalue weighted by molar-refractivity contribution is 7.08. The maximum absolute atomic E-state index is 12.5. The van der Waals surface area contributed by atoms with Crippen molar-refractivity contribution in [3.63, 3.8) is 0 Å². The van der Waals surface area contributed by atoms with Crippen LogP contribution in [0.15, 0.2) is 59.3 Å². The number of halogens is 2. The second-order valence-corrected chi connectivity index (χ2v) is 13.5. The van der Waals surface area contributed by atoms with Crippen LogP contribution in [0, 0.1) is 11.8 Å². The highest BCUT2D eigenvalue weighted by atomic mass is 35.5. The molecule has 2 saturated heterocycles. The molecule has 2 unspecified atom stereocenters. The van der Waals surface area contributed by atoms with Crippen molar-refractivity contribution in [1.29, 1.82) is 0 Å². The average Bonchev–Trinajstić information content (AvgIpc) is 3.71. The monoisotopic (exact) mass is 625 g/mol. The fraction of sp³-hybridized carbons (Fsp3) is 0.455. The van der Waals surface area contributed by atoms with E-state index >= 15 is 0 Å². The summed E-state index contributed by atoms with van der Waals surface area (Å²) in [5, 5.41) is 5.92. The summed E-state index contributed by atoms with van der Waals surface area (Å²) in [6.07, 6.45) is 2.93. The van der Waals surface area contributed by atoms with Gasteiger partial charge in [0.05, 0.1) is 11.1 Å². The van der Waals surface area contributed by atoms with Crippen LogP contribution in [0.4, 0.5) is 0 Å². The molecule has 0 aliphatic carbocycles. The Morgan fingerprint density at radius 3 is 2.38 bits per heavy atom. The lowest BCUT2D eigenvalue weighted by atomic mass is 9.89. The number of hydrogen-bond acceptors (Lipinski definition) is 6. The lowest BCUT2D eigenvalue weighted by molar-refractivity contribution is 0.0523. The number of amides is 2. The molecule has 2 atom stereocenters. The molecule has 2 amide bonds. The Morgan fingerprint density at radius 2 is 1.69 bits per heavy atom. The van der Waals surface area contributed by atoms with Crippen molar-refractivity contribution >= 4 is 46.4 Å². The van der Waals surface area contributed by atoms with E-state index in [9.17, 15) is 9.59 Å². The molecule has 0 bridgehead atoms. The number of benzene rings is 2. The van der Waals surface area contributed by atoms with Crippen LogP contribution in [0.3, 0.4) is 0 Å². The molecule has 3 aliphatic rings. The normalized spacial score (nSPS) is 21.9. The van der Waals surface area contributed by atoms with Gasteiger partial charge in [-0.15, -0.1) is 0 Å². The smallest absolute Gasteiger partial charge is 0.261 e. The van der Waals surface area contributed by atoms with Crippen molar-refractivity contribution in [1.82, 2.24) is 14.7 Å². The topological polar surface area (TPSA) is 53.1 Å². The first-order chi connectivity index (χ1) is 20.5. The van der Waals surface area contributed by atoms with Crippen molar-refractivity contribution in [3.05, 3.63) is 91.6 Å². The van der Waals surface area contributed by atoms with Crippen molar-refractivity contribution < 1.29 is 14.3 Å². The van der Waals surface area contributed by atoms with Crippen LogP contribution in [-0.4, -0.2) is 79.0 Å². The van der Waals surface area contributed by atoms with Gasteiger partial charge in [0.25, 0.3) is 11.8 Å². The molecule has 4 heterocycles. The van der Waals surface area contributed by atoms with Gasteiger partial charge in [-0.1, -0.05) is 41.4 Å². The van der Waals surface area contributed by atoms with Crippen molar-refractivity contribution in [2.24, 2.45) is 11.8 Å². The Hall–Kier alpha value is -2.26. The van der Waals surface area contributed by atoms with E-state index < -0.39 is 0 Å². The number of rotatable bonds is 11. The number of hydrogen-bond donors (Lipinski definition) is 0. The molecule has 9 heteroatoms. The summed E-state index contributed by atoms with van der Waals surface area (Å²) in [7, 11) is 0. The van der Waals surface area contributed by atoms with Crippen LogP contribution >= 0.6 is 34.5 Å². The number of piperidine rings is 1. The average molecular weight is 627 g/mol. The Labute approximate surface area is 262 Å². The van der Waals surface area contributed by atoms with Gasteiger partial charge in [-0.05, 0) is 96.4 Å². The summed E-state index contributed by atoms with van der Waals surface area (Å²) in [6, 6.07) is 15.1. The van der Waals surface area contributed by atoms with Gasteiger partial charge in [0.2, 0.25) is 0 Å². The Bertz CT molecular complexity index is 1360. The number of likely N-dealkylation sites (tertiary alicyclic amines) is 2. The number of carbonyl (C=O) groups is 2. The molecule has 0 N–H and O–H groups in total. The lowest BCUT2D eigenvalue weighted by Crippen LogP contribution is -2.39. The molecule has 0 saturated carbocycles. The number of thiophene rings is 1. The number of fused-ring (bicyclic) bond motifs is 1. The molecular weight excluding hydrogens is 589 g/mol. The standard InChI is InChI=1S/C33H37Cl2N3O3S/c34-27-7-6-24(31(35)16-27)17-37-19-26(30(20-37)25-10-15-42-22-25)18-36-12-8-23(9-13-36)21-41-14-3-11-38-32(39)28-4-1-2-5-29(28)33(38)40/h1-2,4-7,10,15-16,22-23,26,30H,3,8-9,11-14,17-21H2. The van der Waals surface area contributed by atoms with E-state index in [4.69, 9.17) is 27.9 Å². The second-order valence-electron chi connectivity index (χ2n) is 11.8. The largest absolute Gasteiger partial charge is 0.381 e. The van der Waals surface area contributed by atoms with Gasteiger partial charge in [-0.25, -0.2) is 0 Å². The van der Waals surface area contributed by atoms with E-state index in [-0.39, 0.29) is 11.8 Å². The summed E-state index contributed by atoms with van der Waals surface area (Å²) in [5.74, 6) is 1.29. The highest BCUT2D eigenvalue weighted by Gasteiger charge is 2.36. The van der Waals surface area contributed by atoms with Gasteiger partial charge >= 0.3 is 0 Å². The summed E-state index contributed by atoms with van der Waals surface area (Å²) in [4.78, 5) is 31.6. The highest BCUT2D eigenvalue weighted by Crippen LogP contribution is 2.36. The number of ether oxygens (including phenoxy) is 1. The first-order valence-electron chi connectivity index (χ1n) is 14.9. The third kappa shape index (κ3) is 6.77. The zero-order valence-corrected chi connectivity index (χ0v) is 26.0. The predicted octanol–water partition coefficient (Wildman–Crippen LogP) is 6.69. The Morgan fingerprint density at radius 1 is 0.929 bits per heavy atom. The van der Waals surface area contributed by atoms with E-state index in [0.29, 0.717) is 53.5 Å². The Balaban J connectivity index is 0.933. The van der Waals surface area contributed by atoms with Crippen LogP contribution in [0.25, 0.3) is 0 Å². The fourth-order valence-electron chi connectivity index (χ4n) is 6.71. The number of imide groups is 1. The third-order valence-electron chi connectivity index (χ3n) is 9.00. The summed E-state index contributed by atoms with van der Waals surface area (Å²) < 4.78 is 6.01. The summed E-state index contributed by atoms with van der Waals surface area (Å²) in [6.45, 7) is 7.97. The predicted molar refractivity (Wildman–Crippen MR) is 169 cm³/mol. The molecule has 3 aromatic rings. The van der Waals surface area contributed by atoms with Crippen LogP contribution in [0.1, 0.15) is 57.0 Å². The number of nitrogens with zero attached hydrogens (tertiary/aromatic N) is 3. The zero-order chi connectivity index (χ0) is 29.1. The molecule has 0 radical (unpaired) electrons. The molecule has 222 valence electrons.